The van der Waals surface area contributed by atoms with E-state index in [9.17, 15) is 9.59 Å². The van der Waals surface area contributed by atoms with Crippen LogP contribution in [0.2, 0.25) is 0 Å². The van der Waals surface area contributed by atoms with Crippen LogP contribution in [0.25, 0.3) is 10.9 Å². The molecule has 1 fully saturated rings. The monoisotopic (exact) mass is 387 g/mol. The van der Waals surface area contributed by atoms with Gasteiger partial charge in [0.1, 0.15) is 0 Å². The van der Waals surface area contributed by atoms with Crippen molar-refractivity contribution in [2.45, 2.75) is 32.1 Å². The van der Waals surface area contributed by atoms with Crippen molar-refractivity contribution in [2.75, 3.05) is 18.0 Å². The number of carbonyl (C=O) groups excluding carboxylic acids is 2. The lowest BCUT2D eigenvalue weighted by Crippen LogP contribution is -2.34. The Labute approximate surface area is 170 Å². The molecule has 1 atom stereocenters. The molecule has 2 aromatic carbocycles. The molecule has 0 saturated carbocycles. The third-order valence-corrected chi connectivity index (χ3v) is 6.26. The lowest BCUT2D eigenvalue weighted by atomic mass is 10.1. The van der Waals surface area contributed by atoms with E-state index in [4.69, 9.17) is 0 Å². The zero-order valence-corrected chi connectivity index (χ0v) is 16.4. The van der Waals surface area contributed by atoms with Crippen molar-refractivity contribution in [1.82, 2.24) is 10.3 Å². The maximum atomic E-state index is 12.6. The normalized spacial score (nSPS) is 18.4. The van der Waals surface area contributed by atoms with Gasteiger partial charge < -0.3 is 15.2 Å². The number of aromatic amines is 1. The van der Waals surface area contributed by atoms with Crippen LogP contribution in [0.15, 0.2) is 48.7 Å². The maximum absolute atomic E-state index is 12.6. The first-order valence-electron chi connectivity index (χ1n) is 10.4. The summed E-state index contributed by atoms with van der Waals surface area (Å²) in [5.74, 6) is -0.264. The molecule has 2 heterocycles. The minimum Gasteiger partial charge on any atom is -0.361 e. The van der Waals surface area contributed by atoms with Crippen LogP contribution in [0.4, 0.5) is 5.69 Å². The summed E-state index contributed by atoms with van der Waals surface area (Å²) in [4.78, 5) is 30.2. The Bertz CT molecular complexity index is 1080. The van der Waals surface area contributed by atoms with E-state index < -0.39 is 0 Å². The fourth-order valence-corrected chi connectivity index (χ4v) is 4.66. The molecule has 2 N–H and O–H groups in total. The molecule has 0 spiro atoms. The number of hydrogen-bond acceptors (Lipinski definition) is 2. The standard InChI is InChI=1S/C24H25N3O2/c28-23-13-19(15-27(23)20-9-8-16-4-3-5-17(16)12-20)24(29)25-11-10-18-14-26-22-7-2-1-6-21(18)22/h1-2,6-9,12,14,19,26H,3-5,10-11,13,15H2,(H,25,29). The first kappa shape index (κ1) is 18.0. The van der Waals surface area contributed by atoms with E-state index in [0.717, 1.165) is 30.5 Å². The van der Waals surface area contributed by atoms with Crippen molar-refractivity contribution < 1.29 is 9.59 Å². The molecule has 1 aliphatic heterocycles. The second kappa shape index (κ2) is 7.39. The summed E-state index contributed by atoms with van der Waals surface area (Å²) in [6.07, 6.45) is 6.47. The highest BCUT2D eigenvalue weighted by Gasteiger charge is 2.35. The van der Waals surface area contributed by atoms with Gasteiger partial charge in [0.05, 0.1) is 5.92 Å². The van der Waals surface area contributed by atoms with Gasteiger partial charge in [-0.2, -0.15) is 0 Å². The predicted octanol–water partition coefficient (Wildman–Crippen LogP) is 3.37. The van der Waals surface area contributed by atoms with E-state index in [1.54, 1.807) is 4.90 Å². The second-order valence-corrected chi connectivity index (χ2v) is 8.11. The van der Waals surface area contributed by atoms with E-state index in [1.807, 2.05) is 24.4 Å². The van der Waals surface area contributed by atoms with Gasteiger partial charge in [0.15, 0.2) is 0 Å². The number of aryl methyl sites for hydroxylation is 2. The molecule has 3 aromatic rings. The quantitative estimate of drug-likeness (QED) is 0.705. The summed E-state index contributed by atoms with van der Waals surface area (Å²) in [5, 5.41) is 4.23. The van der Waals surface area contributed by atoms with Crippen molar-refractivity contribution in [3.63, 3.8) is 0 Å². The molecule has 5 heteroatoms. The van der Waals surface area contributed by atoms with Gasteiger partial charge in [-0.05, 0) is 60.6 Å². The van der Waals surface area contributed by atoms with E-state index >= 15 is 0 Å². The largest absolute Gasteiger partial charge is 0.361 e. The van der Waals surface area contributed by atoms with Crippen LogP contribution in [-0.2, 0) is 28.9 Å². The van der Waals surface area contributed by atoms with E-state index in [-0.39, 0.29) is 24.2 Å². The Morgan fingerprint density at radius 1 is 1.14 bits per heavy atom. The SMILES string of the molecule is O=C(NCCc1c[nH]c2ccccc12)C1CC(=O)N(c2ccc3c(c2)CCC3)C1. The van der Waals surface area contributed by atoms with Crippen LogP contribution in [0.5, 0.6) is 0 Å². The molecular weight excluding hydrogens is 362 g/mol. The van der Waals surface area contributed by atoms with Gasteiger partial charge in [0.2, 0.25) is 11.8 Å². The summed E-state index contributed by atoms with van der Waals surface area (Å²) in [5.41, 5.74) is 5.99. The van der Waals surface area contributed by atoms with Crippen molar-refractivity contribution in [1.29, 1.82) is 0 Å². The van der Waals surface area contributed by atoms with E-state index in [0.29, 0.717) is 13.1 Å². The highest BCUT2D eigenvalue weighted by molar-refractivity contribution is 6.00. The van der Waals surface area contributed by atoms with Crippen LogP contribution in [0.3, 0.4) is 0 Å². The smallest absolute Gasteiger partial charge is 0.227 e. The predicted molar refractivity (Wildman–Crippen MR) is 114 cm³/mol. The highest BCUT2D eigenvalue weighted by atomic mass is 16.2. The molecule has 148 valence electrons. The van der Waals surface area contributed by atoms with Gasteiger partial charge in [0.25, 0.3) is 0 Å². The number of amides is 2. The number of hydrogen-bond donors (Lipinski definition) is 2. The molecule has 5 rings (SSSR count). The summed E-state index contributed by atoms with van der Waals surface area (Å²) < 4.78 is 0. The Kier molecular flexibility index (Phi) is 4.58. The van der Waals surface area contributed by atoms with Gasteiger partial charge in [-0.25, -0.2) is 0 Å². The number of benzene rings is 2. The number of aromatic nitrogens is 1. The minimum atomic E-state index is -0.279. The average Bonchev–Trinajstić information content (AvgIpc) is 3.45. The topological polar surface area (TPSA) is 65.2 Å². The lowest BCUT2D eigenvalue weighted by Gasteiger charge is -2.18. The molecule has 1 aliphatic carbocycles. The number of fused-ring (bicyclic) bond motifs is 2. The van der Waals surface area contributed by atoms with Crippen molar-refractivity contribution >= 4 is 28.4 Å². The Hall–Kier alpha value is -3.08. The fraction of sp³-hybridized carbons (Fsp3) is 0.333. The van der Waals surface area contributed by atoms with Crippen LogP contribution in [0.1, 0.15) is 29.5 Å². The van der Waals surface area contributed by atoms with Crippen LogP contribution in [-0.4, -0.2) is 29.9 Å². The third-order valence-electron chi connectivity index (χ3n) is 6.26. The molecule has 1 aromatic heterocycles. The van der Waals surface area contributed by atoms with Crippen LogP contribution < -0.4 is 10.2 Å². The Morgan fingerprint density at radius 3 is 2.93 bits per heavy atom. The molecule has 5 nitrogen and oxygen atoms in total. The molecule has 1 saturated heterocycles. The molecule has 1 unspecified atom stereocenters. The Balaban J connectivity index is 1.19. The molecule has 2 aliphatic rings. The van der Waals surface area contributed by atoms with Crippen molar-refractivity contribution in [2.24, 2.45) is 5.92 Å². The fourth-order valence-electron chi connectivity index (χ4n) is 4.66. The zero-order chi connectivity index (χ0) is 19.8. The van der Waals surface area contributed by atoms with Gasteiger partial charge >= 0.3 is 0 Å². The minimum absolute atomic E-state index is 0.0261. The summed E-state index contributed by atoms with van der Waals surface area (Å²) in [6, 6.07) is 14.5. The Morgan fingerprint density at radius 2 is 2.00 bits per heavy atom. The van der Waals surface area contributed by atoms with Crippen molar-refractivity contribution in [3.8, 4) is 0 Å². The number of H-pyrrole nitrogens is 1. The average molecular weight is 387 g/mol. The number of anilines is 1. The number of rotatable bonds is 5. The number of nitrogens with one attached hydrogen (secondary N) is 2. The van der Waals surface area contributed by atoms with Gasteiger partial charge in [0, 0.05) is 42.3 Å². The highest BCUT2D eigenvalue weighted by Crippen LogP contribution is 2.30. The van der Waals surface area contributed by atoms with Crippen molar-refractivity contribution in [3.05, 3.63) is 65.4 Å². The third kappa shape index (κ3) is 3.41. The van der Waals surface area contributed by atoms with Crippen LogP contribution >= 0.6 is 0 Å². The molecule has 0 bridgehead atoms. The number of para-hydroxylation sites is 1. The second-order valence-electron chi connectivity index (χ2n) is 8.11. The summed E-state index contributed by atoms with van der Waals surface area (Å²) in [6.45, 7) is 1.04. The number of carbonyl (C=O) groups is 2. The number of nitrogens with zero attached hydrogens (tertiary/aromatic N) is 1. The molecule has 29 heavy (non-hydrogen) atoms. The first-order valence-corrected chi connectivity index (χ1v) is 10.4. The summed E-state index contributed by atoms with van der Waals surface area (Å²) in [7, 11) is 0. The van der Waals surface area contributed by atoms with Gasteiger partial charge in [-0.1, -0.05) is 24.3 Å². The zero-order valence-electron chi connectivity index (χ0n) is 16.4. The first-order chi connectivity index (χ1) is 14.2. The lowest BCUT2D eigenvalue weighted by molar-refractivity contribution is -0.126. The summed E-state index contributed by atoms with van der Waals surface area (Å²) >= 11 is 0. The molecule has 2 amide bonds. The maximum Gasteiger partial charge on any atom is 0.227 e. The van der Waals surface area contributed by atoms with Crippen LogP contribution in [0, 0.1) is 5.92 Å². The molecule has 0 radical (unpaired) electrons. The van der Waals surface area contributed by atoms with Gasteiger partial charge in [-0.15, -0.1) is 0 Å². The van der Waals surface area contributed by atoms with E-state index in [2.05, 4.69) is 34.6 Å². The molecular formula is C24H25N3O2. The van der Waals surface area contributed by atoms with Gasteiger partial charge in [-0.3, -0.25) is 9.59 Å². The van der Waals surface area contributed by atoms with E-state index in [1.165, 1.54) is 28.5 Å².